The fourth-order valence-corrected chi connectivity index (χ4v) is 4.64. The van der Waals surface area contributed by atoms with E-state index in [9.17, 15) is 4.79 Å². The highest BCUT2D eigenvalue weighted by molar-refractivity contribution is 7.99. The van der Waals surface area contributed by atoms with Crippen molar-refractivity contribution in [1.29, 1.82) is 0 Å². The number of rotatable bonds is 6. The molecule has 0 atom stereocenters. The second-order valence-electron chi connectivity index (χ2n) is 7.35. The summed E-state index contributed by atoms with van der Waals surface area (Å²) in [6, 6.07) is 12.9. The Kier molecular flexibility index (Phi) is 5.40. The molecule has 0 spiro atoms. The molecule has 0 fully saturated rings. The molecule has 1 aliphatic rings. The van der Waals surface area contributed by atoms with Gasteiger partial charge in [-0.25, -0.2) is 4.98 Å². The second-order valence-corrected chi connectivity index (χ2v) is 8.41. The summed E-state index contributed by atoms with van der Waals surface area (Å²) in [5, 5.41) is 8.30. The summed E-state index contributed by atoms with van der Waals surface area (Å²) in [6.45, 7) is 4.34. The number of fused-ring (bicyclic) bond motifs is 2. The van der Waals surface area contributed by atoms with Crippen LogP contribution in [0.2, 0.25) is 0 Å². The molecule has 1 amide bonds. The van der Waals surface area contributed by atoms with Crippen molar-refractivity contribution in [3.8, 4) is 11.5 Å². The smallest absolute Gasteiger partial charge is 0.255 e. The van der Waals surface area contributed by atoms with Gasteiger partial charge in [-0.15, -0.1) is 0 Å². The van der Waals surface area contributed by atoms with Gasteiger partial charge in [-0.1, -0.05) is 25.1 Å². The minimum atomic E-state index is -0.206. The number of ether oxygens (including phenoxy) is 2. The van der Waals surface area contributed by atoms with E-state index in [1.165, 1.54) is 11.9 Å². The largest absolute Gasteiger partial charge is 0.454 e. The van der Waals surface area contributed by atoms with Crippen LogP contribution in [0.4, 0.5) is 5.69 Å². The molecule has 0 radical (unpaired) electrons. The molecule has 0 saturated heterocycles. The number of nitrogens with one attached hydrogen (secondary N) is 1. The predicted molar refractivity (Wildman–Crippen MR) is 121 cm³/mol. The number of anilines is 1. The molecule has 0 unspecified atom stereocenters. The van der Waals surface area contributed by atoms with Gasteiger partial charge >= 0.3 is 0 Å². The molecule has 3 heterocycles. The van der Waals surface area contributed by atoms with Crippen molar-refractivity contribution < 1.29 is 14.3 Å². The zero-order valence-corrected chi connectivity index (χ0v) is 18.5. The van der Waals surface area contributed by atoms with Crippen LogP contribution in [0.15, 0.2) is 58.7 Å². The van der Waals surface area contributed by atoms with Gasteiger partial charge in [0.05, 0.1) is 0 Å². The van der Waals surface area contributed by atoms with Crippen molar-refractivity contribution in [2.75, 3.05) is 12.1 Å². The average Bonchev–Trinajstić information content (AvgIpc) is 3.46. The van der Waals surface area contributed by atoms with Crippen LogP contribution in [0.5, 0.6) is 11.5 Å². The van der Waals surface area contributed by atoms with Gasteiger partial charge in [-0.2, -0.15) is 14.6 Å². The summed E-state index contributed by atoms with van der Waals surface area (Å²) in [4.78, 5) is 22.5. The Bertz CT molecular complexity index is 1300. The lowest BCUT2D eigenvalue weighted by Gasteiger charge is -2.13. The van der Waals surface area contributed by atoms with E-state index in [0.29, 0.717) is 28.5 Å². The molecule has 2 aromatic heterocycles. The van der Waals surface area contributed by atoms with Crippen molar-refractivity contribution >= 4 is 29.1 Å². The van der Waals surface area contributed by atoms with E-state index in [0.717, 1.165) is 28.5 Å². The van der Waals surface area contributed by atoms with E-state index < -0.39 is 0 Å². The number of amides is 1. The molecule has 5 rings (SSSR count). The third-order valence-corrected chi connectivity index (χ3v) is 6.27. The highest BCUT2D eigenvalue weighted by Gasteiger charge is 2.17. The number of aryl methyl sites for hydroxylation is 1. The van der Waals surface area contributed by atoms with Gasteiger partial charge in [-0.3, -0.25) is 4.79 Å². The summed E-state index contributed by atoms with van der Waals surface area (Å²) in [7, 11) is 0. The van der Waals surface area contributed by atoms with E-state index >= 15 is 0 Å². The fourth-order valence-electron chi connectivity index (χ4n) is 3.56. The zero-order chi connectivity index (χ0) is 22.1. The minimum absolute atomic E-state index is 0.178. The second kappa shape index (κ2) is 8.51. The summed E-state index contributed by atoms with van der Waals surface area (Å²) in [5.41, 5.74) is 3.37. The van der Waals surface area contributed by atoms with Gasteiger partial charge in [0.1, 0.15) is 11.4 Å². The van der Waals surface area contributed by atoms with Gasteiger partial charge < -0.3 is 14.8 Å². The molecule has 162 valence electrons. The van der Waals surface area contributed by atoms with Crippen molar-refractivity contribution in [3.63, 3.8) is 0 Å². The van der Waals surface area contributed by atoms with Gasteiger partial charge in [0.25, 0.3) is 11.7 Å². The highest BCUT2D eigenvalue weighted by atomic mass is 32.2. The van der Waals surface area contributed by atoms with E-state index in [1.807, 2.05) is 31.2 Å². The molecule has 0 saturated carbocycles. The summed E-state index contributed by atoms with van der Waals surface area (Å²) in [5.74, 6) is 1.62. The van der Waals surface area contributed by atoms with Crippen LogP contribution in [-0.4, -0.2) is 32.3 Å². The maximum atomic E-state index is 12.6. The first-order valence-corrected chi connectivity index (χ1v) is 11.1. The van der Waals surface area contributed by atoms with Crippen molar-refractivity contribution in [1.82, 2.24) is 19.6 Å². The lowest BCUT2D eigenvalue weighted by Crippen LogP contribution is -2.11. The van der Waals surface area contributed by atoms with E-state index in [4.69, 9.17) is 9.47 Å². The Morgan fingerprint density at radius 2 is 1.97 bits per heavy atom. The predicted octanol–water partition coefficient (Wildman–Crippen LogP) is 4.52. The first-order valence-electron chi connectivity index (χ1n) is 10.3. The van der Waals surface area contributed by atoms with Crippen LogP contribution in [0.3, 0.4) is 0 Å². The third-order valence-electron chi connectivity index (χ3n) is 5.15. The lowest BCUT2D eigenvalue weighted by molar-refractivity contribution is 0.102. The highest BCUT2D eigenvalue weighted by Crippen LogP contribution is 2.34. The molecule has 8 nitrogen and oxygen atoms in total. The molecule has 32 heavy (non-hydrogen) atoms. The molecule has 1 N–H and O–H groups in total. The molecule has 0 bridgehead atoms. The number of hydrogen-bond donors (Lipinski definition) is 1. The summed E-state index contributed by atoms with van der Waals surface area (Å²) in [6.07, 6.45) is 3.46. The third kappa shape index (κ3) is 3.87. The summed E-state index contributed by atoms with van der Waals surface area (Å²) >= 11 is 1.62. The first kappa shape index (κ1) is 20.3. The Morgan fingerprint density at radius 3 is 2.78 bits per heavy atom. The SMILES string of the molecule is CCCc1c(C)nc2ncnn2c1Sc1ccc(NC(=O)c2ccc3c(c2)OCO3)cc1. The first-order chi connectivity index (χ1) is 15.6. The summed E-state index contributed by atoms with van der Waals surface area (Å²) < 4.78 is 12.4. The quantitative estimate of drug-likeness (QED) is 0.435. The number of carbonyl (C=O) groups excluding carboxylic acids is 1. The average molecular weight is 448 g/mol. The van der Waals surface area contributed by atoms with Crippen molar-refractivity contribution in [2.24, 2.45) is 0 Å². The molecular weight excluding hydrogens is 426 g/mol. The number of hydrogen-bond acceptors (Lipinski definition) is 7. The van der Waals surface area contributed by atoms with Crippen molar-refractivity contribution in [2.45, 2.75) is 36.6 Å². The number of aromatic nitrogens is 4. The van der Waals surface area contributed by atoms with Crippen LogP contribution in [0, 0.1) is 6.92 Å². The topological polar surface area (TPSA) is 90.6 Å². The van der Waals surface area contributed by atoms with Crippen LogP contribution in [-0.2, 0) is 6.42 Å². The van der Waals surface area contributed by atoms with E-state index in [1.54, 1.807) is 34.5 Å². The van der Waals surface area contributed by atoms with E-state index in [2.05, 4.69) is 27.3 Å². The Morgan fingerprint density at radius 1 is 1.16 bits per heavy atom. The molecule has 1 aliphatic heterocycles. The van der Waals surface area contributed by atoms with Gasteiger partial charge in [0, 0.05) is 27.4 Å². The van der Waals surface area contributed by atoms with Gasteiger partial charge in [-0.05, 0) is 55.8 Å². The number of benzene rings is 2. The molecule has 4 aromatic rings. The van der Waals surface area contributed by atoms with Gasteiger partial charge in [0.2, 0.25) is 6.79 Å². The van der Waals surface area contributed by atoms with E-state index in [-0.39, 0.29) is 12.7 Å². The van der Waals surface area contributed by atoms with Crippen LogP contribution < -0.4 is 14.8 Å². The monoisotopic (exact) mass is 447 g/mol. The molecule has 9 heteroatoms. The Hall–Kier alpha value is -3.59. The van der Waals surface area contributed by atoms with Gasteiger partial charge in [0.15, 0.2) is 11.5 Å². The minimum Gasteiger partial charge on any atom is -0.454 e. The van der Waals surface area contributed by atoms with Crippen molar-refractivity contribution in [3.05, 3.63) is 65.6 Å². The number of carbonyl (C=O) groups is 1. The fraction of sp³-hybridized carbons (Fsp3) is 0.217. The normalized spacial score (nSPS) is 12.3. The molecule has 0 aliphatic carbocycles. The van der Waals surface area contributed by atoms with Crippen LogP contribution >= 0.6 is 11.8 Å². The lowest BCUT2D eigenvalue weighted by atomic mass is 10.1. The molecular formula is C23H21N5O3S. The number of nitrogens with zero attached hydrogens (tertiary/aromatic N) is 4. The zero-order valence-electron chi connectivity index (χ0n) is 17.7. The maximum absolute atomic E-state index is 12.6. The molecule has 2 aromatic carbocycles. The van der Waals surface area contributed by atoms with Crippen LogP contribution in [0.1, 0.15) is 35.0 Å². The maximum Gasteiger partial charge on any atom is 0.255 e. The Labute approximate surface area is 189 Å². The standard InChI is InChI=1S/C23H21N5O3S/c1-3-4-18-14(2)26-23-24-12-25-28(23)22(18)32-17-8-6-16(7-9-17)27-21(29)15-5-10-19-20(11-15)31-13-30-19/h5-12H,3-4,13H2,1-2H3,(H,27,29). The Balaban J connectivity index is 1.35. The van der Waals surface area contributed by atoms with Crippen LogP contribution in [0.25, 0.3) is 5.78 Å².